The lowest BCUT2D eigenvalue weighted by Gasteiger charge is -2.11. The quantitative estimate of drug-likeness (QED) is 0.460. The molecule has 1 atom stereocenters. The van der Waals surface area contributed by atoms with Gasteiger partial charge in [-0.2, -0.15) is 4.98 Å². The summed E-state index contributed by atoms with van der Waals surface area (Å²) in [7, 11) is 0. The summed E-state index contributed by atoms with van der Waals surface area (Å²) < 4.78 is 7.71. The van der Waals surface area contributed by atoms with Gasteiger partial charge in [-0.1, -0.05) is 29.7 Å². The topological polar surface area (TPSA) is 82.5 Å². The molecule has 0 spiro atoms. The molecule has 0 N–H and O–H groups in total. The maximum atomic E-state index is 6.07. The molecule has 7 nitrogen and oxygen atoms in total. The molecule has 146 valence electrons. The smallest absolute Gasteiger partial charge is 0.257 e. The van der Waals surface area contributed by atoms with Crippen molar-refractivity contribution in [2.45, 2.75) is 38.1 Å². The first-order valence-electron chi connectivity index (χ1n) is 9.63. The Balaban J connectivity index is 1.40. The Morgan fingerprint density at radius 3 is 2.72 bits per heavy atom. The van der Waals surface area contributed by atoms with Crippen molar-refractivity contribution in [1.29, 1.82) is 0 Å². The molecule has 29 heavy (non-hydrogen) atoms. The minimum absolute atomic E-state index is 0.0404. The van der Waals surface area contributed by atoms with Gasteiger partial charge in [-0.3, -0.25) is 4.98 Å². The van der Waals surface area contributed by atoms with Crippen molar-refractivity contribution in [3.8, 4) is 22.8 Å². The van der Waals surface area contributed by atoms with E-state index in [0.717, 1.165) is 35.6 Å². The third-order valence-electron chi connectivity index (χ3n) is 5.06. The third-order valence-corrected chi connectivity index (χ3v) is 5.29. The zero-order chi connectivity index (χ0) is 19.8. The van der Waals surface area contributed by atoms with Crippen LogP contribution in [0.4, 0.5) is 0 Å². The molecule has 1 aliphatic carbocycles. The molecular weight excluding hydrogens is 388 g/mol. The van der Waals surface area contributed by atoms with Gasteiger partial charge in [-0.15, -0.1) is 10.2 Å². The van der Waals surface area contributed by atoms with E-state index < -0.39 is 0 Å². The molecule has 1 fully saturated rings. The summed E-state index contributed by atoms with van der Waals surface area (Å²) >= 11 is 6.07. The van der Waals surface area contributed by atoms with Crippen LogP contribution in [0.2, 0.25) is 5.02 Å². The monoisotopic (exact) mass is 406 g/mol. The van der Waals surface area contributed by atoms with Gasteiger partial charge in [-0.25, -0.2) is 0 Å². The molecule has 0 radical (unpaired) electrons. The van der Waals surface area contributed by atoms with Gasteiger partial charge in [0.25, 0.3) is 5.89 Å². The molecule has 5 rings (SSSR count). The Bertz CT molecular complexity index is 1140. The van der Waals surface area contributed by atoms with E-state index in [0.29, 0.717) is 29.2 Å². The van der Waals surface area contributed by atoms with E-state index in [4.69, 9.17) is 16.1 Å². The molecule has 8 heteroatoms. The molecule has 1 aromatic carbocycles. The number of hydrogen-bond donors (Lipinski definition) is 0. The Morgan fingerprint density at radius 1 is 1.14 bits per heavy atom. The van der Waals surface area contributed by atoms with Crippen molar-refractivity contribution in [2.75, 3.05) is 0 Å². The fraction of sp³-hybridized carbons (Fsp3) is 0.286. The minimum Gasteiger partial charge on any atom is -0.334 e. The highest BCUT2D eigenvalue weighted by Crippen LogP contribution is 2.39. The van der Waals surface area contributed by atoms with E-state index in [1.165, 1.54) is 0 Å². The maximum Gasteiger partial charge on any atom is 0.257 e. The molecular formula is C21H19ClN6O. The van der Waals surface area contributed by atoms with Crippen LogP contribution in [0.25, 0.3) is 22.8 Å². The van der Waals surface area contributed by atoms with Gasteiger partial charge in [0.15, 0.2) is 11.6 Å². The van der Waals surface area contributed by atoms with Crippen LogP contribution in [0.15, 0.2) is 53.3 Å². The lowest BCUT2D eigenvalue weighted by atomic mass is 10.1. The summed E-state index contributed by atoms with van der Waals surface area (Å²) in [5.74, 6) is 3.00. The molecule has 1 aliphatic rings. The normalized spacial score (nSPS) is 14.8. The van der Waals surface area contributed by atoms with Crippen LogP contribution in [-0.4, -0.2) is 29.9 Å². The van der Waals surface area contributed by atoms with Crippen molar-refractivity contribution in [3.63, 3.8) is 0 Å². The van der Waals surface area contributed by atoms with E-state index in [-0.39, 0.29) is 5.92 Å². The van der Waals surface area contributed by atoms with Crippen LogP contribution in [0.5, 0.6) is 0 Å². The summed E-state index contributed by atoms with van der Waals surface area (Å²) in [6.45, 7) is 2.07. The standard InChI is InChI=1S/C21H19ClN6O/c1-13(19-24-21(29-27-19)15-3-2-4-16(22)12-15)11-18-25-26-20(28(18)17-5-6-17)14-7-9-23-10-8-14/h2-4,7-10,12-13,17H,5-6,11H2,1H3. The molecule has 0 amide bonds. The van der Waals surface area contributed by atoms with Gasteiger partial charge >= 0.3 is 0 Å². The molecule has 0 aliphatic heterocycles. The van der Waals surface area contributed by atoms with Crippen molar-refractivity contribution >= 4 is 11.6 Å². The Morgan fingerprint density at radius 2 is 1.97 bits per heavy atom. The largest absolute Gasteiger partial charge is 0.334 e. The second-order valence-electron chi connectivity index (χ2n) is 7.35. The number of halogens is 1. The summed E-state index contributed by atoms with van der Waals surface area (Å²) in [4.78, 5) is 8.67. The van der Waals surface area contributed by atoms with Crippen LogP contribution in [0.3, 0.4) is 0 Å². The Labute approximate surface area is 172 Å². The second-order valence-corrected chi connectivity index (χ2v) is 7.79. The number of aromatic nitrogens is 6. The van der Waals surface area contributed by atoms with Crippen LogP contribution in [-0.2, 0) is 6.42 Å². The molecule has 4 aromatic rings. The van der Waals surface area contributed by atoms with E-state index >= 15 is 0 Å². The van der Waals surface area contributed by atoms with Crippen molar-refractivity contribution < 1.29 is 4.52 Å². The van der Waals surface area contributed by atoms with Crippen LogP contribution in [0, 0.1) is 0 Å². The minimum atomic E-state index is 0.0404. The highest BCUT2D eigenvalue weighted by molar-refractivity contribution is 6.30. The van der Waals surface area contributed by atoms with E-state index in [1.807, 2.05) is 36.4 Å². The Kier molecular flexibility index (Phi) is 4.60. The lowest BCUT2D eigenvalue weighted by Crippen LogP contribution is -2.09. The van der Waals surface area contributed by atoms with Crippen LogP contribution >= 0.6 is 11.6 Å². The second kappa shape index (κ2) is 7.40. The maximum absolute atomic E-state index is 6.07. The summed E-state index contributed by atoms with van der Waals surface area (Å²) in [6, 6.07) is 11.8. The van der Waals surface area contributed by atoms with E-state index in [1.54, 1.807) is 12.4 Å². The van der Waals surface area contributed by atoms with Gasteiger partial charge in [0, 0.05) is 46.9 Å². The first kappa shape index (κ1) is 18.0. The predicted octanol–water partition coefficient (Wildman–Crippen LogP) is 4.72. The number of rotatable bonds is 6. The first-order valence-corrected chi connectivity index (χ1v) is 10.0. The van der Waals surface area contributed by atoms with E-state index in [2.05, 4.69) is 36.8 Å². The number of hydrogen-bond acceptors (Lipinski definition) is 6. The van der Waals surface area contributed by atoms with E-state index in [9.17, 15) is 0 Å². The van der Waals surface area contributed by atoms with Crippen LogP contribution in [0.1, 0.15) is 43.4 Å². The number of pyridine rings is 1. The predicted molar refractivity (Wildman–Crippen MR) is 108 cm³/mol. The highest BCUT2D eigenvalue weighted by Gasteiger charge is 2.31. The van der Waals surface area contributed by atoms with Gasteiger partial charge < -0.3 is 9.09 Å². The van der Waals surface area contributed by atoms with Crippen molar-refractivity contribution in [3.05, 3.63) is 65.5 Å². The average molecular weight is 407 g/mol. The van der Waals surface area contributed by atoms with Crippen LogP contribution < -0.4 is 0 Å². The van der Waals surface area contributed by atoms with Crippen molar-refractivity contribution in [1.82, 2.24) is 29.9 Å². The van der Waals surface area contributed by atoms with Gasteiger partial charge in [0.2, 0.25) is 0 Å². The molecule has 3 aromatic heterocycles. The van der Waals surface area contributed by atoms with Gasteiger partial charge in [-0.05, 0) is 43.2 Å². The first-order chi connectivity index (χ1) is 14.2. The summed E-state index contributed by atoms with van der Waals surface area (Å²) in [6.07, 6.45) is 6.54. The highest BCUT2D eigenvalue weighted by atomic mass is 35.5. The molecule has 3 heterocycles. The molecule has 1 saturated carbocycles. The third kappa shape index (κ3) is 3.65. The SMILES string of the molecule is CC(Cc1nnc(-c2ccncc2)n1C1CC1)c1noc(-c2cccc(Cl)c2)n1. The van der Waals surface area contributed by atoms with Crippen molar-refractivity contribution in [2.24, 2.45) is 0 Å². The average Bonchev–Trinajstić information content (AvgIpc) is 3.29. The summed E-state index contributed by atoms with van der Waals surface area (Å²) in [5.41, 5.74) is 1.84. The number of nitrogens with zero attached hydrogens (tertiary/aromatic N) is 6. The number of benzene rings is 1. The Hall–Kier alpha value is -3.06. The fourth-order valence-corrected chi connectivity index (χ4v) is 3.61. The zero-order valence-corrected chi connectivity index (χ0v) is 16.6. The zero-order valence-electron chi connectivity index (χ0n) is 15.9. The van der Waals surface area contributed by atoms with Gasteiger partial charge in [0.05, 0.1) is 0 Å². The molecule has 0 bridgehead atoms. The summed E-state index contributed by atoms with van der Waals surface area (Å²) in [5, 5.41) is 13.8. The fourth-order valence-electron chi connectivity index (χ4n) is 3.42. The lowest BCUT2D eigenvalue weighted by molar-refractivity contribution is 0.416. The molecule has 0 saturated heterocycles. The molecule has 1 unspecified atom stereocenters. The van der Waals surface area contributed by atoms with Gasteiger partial charge in [0.1, 0.15) is 5.82 Å².